The standard InChI is InChI=1S/C19H24O5/c1-2-23-18(22)19(12-7-6-10-16(19)20)13-11-17(21)24-14-15-8-4-3-5-9-15/h3-5,8-9H,2,6-7,10-14H2,1H3/t19-/m1/s1. The fourth-order valence-corrected chi connectivity index (χ4v) is 3.07. The lowest BCUT2D eigenvalue weighted by molar-refractivity contribution is -0.163. The summed E-state index contributed by atoms with van der Waals surface area (Å²) in [5.74, 6) is -1.01. The zero-order valence-corrected chi connectivity index (χ0v) is 14.1. The minimum absolute atomic E-state index is 0.0391. The summed E-state index contributed by atoms with van der Waals surface area (Å²) < 4.78 is 10.3. The van der Waals surface area contributed by atoms with E-state index in [4.69, 9.17) is 9.47 Å². The molecule has 1 saturated carbocycles. The fraction of sp³-hybridized carbons (Fsp3) is 0.526. The van der Waals surface area contributed by atoms with E-state index in [1.54, 1.807) is 6.92 Å². The van der Waals surface area contributed by atoms with Crippen LogP contribution in [0.15, 0.2) is 30.3 Å². The van der Waals surface area contributed by atoms with Crippen LogP contribution in [0.25, 0.3) is 0 Å². The molecule has 0 amide bonds. The average molecular weight is 332 g/mol. The van der Waals surface area contributed by atoms with Crippen LogP contribution in [0.4, 0.5) is 0 Å². The van der Waals surface area contributed by atoms with Gasteiger partial charge in [0.05, 0.1) is 6.61 Å². The molecule has 5 nitrogen and oxygen atoms in total. The summed E-state index contributed by atoms with van der Waals surface area (Å²) >= 11 is 0. The van der Waals surface area contributed by atoms with E-state index in [1.807, 2.05) is 30.3 Å². The normalized spacial score (nSPS) is 20.5. The summed E-state index contributed by atoms with van der Waals surface area (Å²) in [6.07, 6.45) is 2.62. The van der Waals surface area contributed by atoms with Crippen molar-refractivity contribution in [3.05, 3.63) is 35.9 Å². The molecule has 5 heteroatoms. The summed E-state index contributed by atoms with van der Waals surface area (Å²) in [5, 5.41) is 0. The van der Waals surface area contributed by atoms with Crippen molar-refractivity contribution in [2.75, 3.05) is 6.61 Å². The maximum absolute atomic E-state index is 12.4. The number of benzene rings is 1. The van der Waals surface area contributed by atoms with Gasteiger partial charge < -0.3 is 9.47 Å². The number of Topliss-reactive ketones (excluding diaryl/α,β-unsaturated/α-hetero) is 1. The molecule has 0 N–H and O–H groups in total. The predicted octanol–water partition coefficient (Wildman–Crippen LogP) is 3.20. The Morgan fingerprint density at radius 2 is 1.88 bits per heavy atom. The topological polar surface area (TPSA) is 69.7 Å². The van der Waals surface area contributed by atoms with Crippen molar-refractivity contribution >= 4 is 17.7 Å². The summed E-state index contributed by atoms with van der Waals surface area (Å²) in [6, 6.07) is 9.39. The third-order valence-corrected chi connectivity index (χ3v) is 4.46. The van der Waals surface area contributed by atoms with E-state index >= 15 is 0 Å². The number of hydrogen-bond acceptors (Lipinski definition) is 5. The molecule has 0 spiro atoms. The summed E-state index contributed by atoms with van der Waals surface area (Å²) in [6.45, 7) is 2.14. The SMILES string of the molecule is CCOC(=O)[C@@]1(CCC(=O)OCc2ccccc2)CCCCC1=O. The largest absolute Gasteiger partial charge is 0.465 e. The molecule has 0 bridgehead atoms. The number of ether oxygens (including phenoxy) is 2. The lowest BCUT2D eigenvalue weighted by Crippen LogP contribution is -2.43. The van der Waals surface area contributed by atoms with E-state index in [9.17, 15) is 14.4 Å². The molecule has 1 aromatic carbocycles. The summed E-state index contributed by atoms with van der Waals surface area (Å²) in [4.78, 5) is 36.7. The first-order valence-electron chi connectivity index (χ1n) is 8.48. The molecule has 2 rings (SSSR count). The number of ketones is 1. The molecule has 1 aliphatic rings. The van der Waals surface area contributed by atoms with E-state index in [0.717, 1.165) is 18.4 Å². The highest BCUT2D eigenvalue weighted by molar-refractivity contribution is 6.04. The maximum atomic E-state index is 12.4. The molecular weight excluding hydrogens is 308 g/mol. The van der Waals surface area contributed by atoms with E-state index in [0.29, 0.717) is 12.8 Å². The first-order chi connectivity index (χ1) is 11.6. The Morgan fingerprint density at radius 3 is 2.54 bits per heavy atom. The molecule has 1 aromatic rings. The highest BCUT2D eigenvalue weighted by Crippen LogP contribution is 2.39. The van der Waals surface area contributed by atoms with Crippen molar-refractivity contribution in [2.45, 2.75) is 52.1 Å². The van der Waals surface area contributed by atoms with E-state index in [2.05, 4.69) is 0 Å². The Kier molecular flexibility index (Phi) is 6.53. The molecule has 1 fully saturated rings. The minimum Gasteiger partial charge on any atom is -0.465 e. The second-order valence-electron chi connectivity index (χ2n) is 6.08. The Bertz CT molecular complexity index is 581. The van der Waals surface area contributed by atoms with Gasteiger partial charge in [-0.1, -0.05) is 36.8 Å². The third-order valence-electron chi connectivity index (χ3n) is 4.46. The smallest absolute Gasteiger partial charge is 0.319 e. The van der Waals surface area contributed by atoms with Gasteiger partial charge in [-0.2, -0.15) is 0 Å². The lowest BCUT2D eigenvalue weighted by atomic mass is 9.70. The van der Waals surface area contributed by atoms with Crippen LogP contribution in [0, 0.1) is 5.41 Å². The molecule has 1 aliphatic carbocycles. The van der Waals surface area contributed by atoms with Gasteiger partial charge in [0.15, 0.2) is 0 Å². The number of carbonyl (C=O) groups is 3. The van der Waals surface area contributed by atoms with Gasteiger partial charge in [0.2, 0.25) is 0 Å². The van der Waals surface area contributed by atoms with Crippen LogP contribution < -0.4 is 0 Å². The average Bonchev–Trinajstić information content (AvgIpc) is 2.60. The number of hydrogen-bond donors (Lipinski definition) is 0. The Morgan fingerprint density at radius 1 is 1.12 bits per heavy atom. The van der Waals surface area contributed by atoms with Gasteiger partial charge in [0.25, 0.3) is 0 Å². The molecule has 0 radical (unpaired) electrons. The first-order valence-corrected chi connectivity index (χ1v) is 8.48. The molecule has 130 valence electrons. The van der Waals surface area contributed by atoms with E-state index in [-0.39, 0.29) is 31.8 Å². The van der Waals surface area contributed by atoms with Gasteiger partial charge in [-0.3, -0.25) is 14.4 Å². The Balaban J connectivity index is 1.93. The fourth-order valence-electron chi connectivity index (χ4n) is 3.07. The van der Waals surface area contributed by atoms with Crippen LogP contribution in [-0.4, -0.2) is 24.3 Å². The van der Waals surface area contributed by atoms with Crippen molar-refractivity contribution in [2.24, 2.45) is 5.41 Å². The van der Waals surface area contributed by atoms with Crippen LogP contribution in [0.5, 0.6) is 0 Å². The second-order valence-corrected chi connectivity index (χ2v) is 6.08. The molecule has 1 atom stereocenters. The maximum Gasteiger partial charge on any atom is 0.319 e. The number of rotatable bonds is 7. The number of carbonyl (C=O) groups excluding carboxylic acids is 3. The van der Waals surface area contributed by atoms with Crippen LogP contribution in [0.3, 0.4) is 0 Å². The first kappa shape index (κ1) is 18.2. The third kappa shape index (κ3) is 4.43. The van der Waals surface area contributed by atoms with Crippen LogP contribution in [-0.2, 0) is 30.5 Å². The summed E-state index contributed by atoms with van der Waals surface area (Å²) in [7, 11) is 0. The Labute approximate surface area is 142 Å². The predicted molar refractivity (Wildman–Crippen MR) is 88.0 cm³/mol. The molecule has 0 saturated heterocycles. The highest BCUT2D eigenvalue weighted by atomic mass is 16.5. The monoisotopic (exact) mass is 332 g/mol. The van der Waals surface area contributed by atoms with E-state index < -0.39 is 17.4 Å². The molecule has 0 heterocycles. The van der Waals surface area contributed by atoms with Crippen molar-refractivity contribution in [3.63, 3.8) is 0 Å². The van der Waals surface area contributed by atoms with Crippen molar-refractivity contribution in [3.8, 4) is 0 Å². The van der Waals surface area contributed by atoms with Gasteiger partial charge in [0.1, 0.15) is 17.8 Å². The molecule has 0 unspecified atom stereocenters. The van der Waals surface area contributed by atoms with Crippen LogP contribution >= 0.6 is 0 Å². The molecule has 0 aromatic heterocycles. The highest BCUT2D eigenvalue weighted by Gasteiger charge is 2.47. The lowest BCUT2D eigenvalue weighted by Gasteiger charge is -2.33. The Hall–Kier alpha value is -2.17. The molecular formula is C19H24O5. The van der Waals surface area contributed by atoms with Crippen molar-refractivity contribution < 1.29 is 23.9 Å². The number of esters is 2. The molecule has 24 heavy (non-hydrogen) atoms. The van der Waals surface area contributed by atoms with Gasteiger partial charge >= 0.3 is 11.9 Å². The zero-order chi connectivity index (χ0) is 17.4. The minimum atomic E-state index is -1.17. The second kappa shape index (κ2) is 8.62. The summed E-state index contributed by atoms with van der Waals surface area (Å²) in [5.41, 5.74) is -0.264. The quantitative estimate of drug-likeness (QED) is 0.566. The van der Waals surface area contributed by atoms with Gasteiger partial charge in [-0.25, -0.2) is 0 Å². The van der Waals surface area contributed by atoms with Crippen molar-refractivity contribution in [1.29, 1.82) is 0 Å². The van der Waals surface area contributed by atoms with Gasteiger partial charge in [-0.05, 0) is 31.7 Å². The van der Waals surface area contributed by atoms with Gasteiger partial charge in [0, 0.05) is 12.8 Å². The zero-order valence-electron chi connectivity index (χ0n) is 14.1. The van der Waals surface area contributed by atoms with Crippen molar-refractivity contribution in [1.82, 2.24) is 0 Å². The molecule has 0 aliphatic heterocycles. The van der Waals surface area contributed by atoms with Gasteiger partial charge in [-0.15, -0.1) is 0 Å². The van der Waals surface area contributed by atoms with Crippen LogP contribution in [0.2, 0.25) is 0 Å². The van der Waals surface area contributed by atoms with Crippen LogP contribution in [0.1, 0.15) is 51.0 Å². The van der Waals surface area contributed by atoms with E-state index in [1.165, 1.54) is 0 Å².